The van der Waals surface area contributed by atoms with Crippen molar-refractivity contribution in [2.75, 3.05) is 12.4 Å². The molecule has 104 valence electrons. The highest BCUT2D eigenvalue weighted by Crippen LogP contribution is 2.22. The van der Waals surface area contributed by atoms with Crippen LogP contribution in [0.15, 0.2) is 0 Å². The Morgan fingerprint density at radius 3 is 2.18 bits per heavy atom. The fraction of sp³-hybridized carbons (Fsp3) is 1.00. The van der Waals surface area contributed by atoms with Crippen LogP contribution in [0.2, 0.25) is 0 Å². The van der Waals surface area contributed by atoms with E-state index < -0.39 is 0 Å². The number of hydrogen-bond donors (Lipinski definition) is 2. The van der Waals surface area contributed by atoms with Crippen molar-refractivity contribution in [1.82, 2.24) is 5.32 Å². The quantitative estimate of drug-likeness (QED) is 0.625. The number of aliphatic hydroxyl groups excluding tert-OH is 1. The molecule has 0 aliphatic carbocycles. The normalized spacial score (nSPS) is 17.5. The molecular weight excluding hydrogens is 230 g/mol. The highest BCUT2D eigenvalue weighted by atomic mass is 32.2. The summed E-state index contributed by atoms with van der Waals surface area (Å²) in [6, 6.07) is 0.425. The lowest BCUT2D eigenvalue weighted by atomic mass is 9.96. The highest BCUT2D eigenvalue weighted by molar-refractivity contribution is 7.99. The van der Waals surface area contributed by atoms with Crippen LogP contribution in [-0.4, -0.2) is 34.3 Å². The van der Waals surface area contributed by atoms with Crippen molar-refractivity contribution in [3.05, 3.63) is 0 Å². The summed E-state index contributed by atoms with van der Waals surface area (Å²) in [5.41, 5.74) is -0.115. The number of hydrogen-bond acceptors (Lipinski definition) is 3. The van der Waals surface area contributed by atoms with Gasteiger partial charge in [-0.05, 0) is 31.4 Å². The van der Waals surface area contributed by atoms with Gasteiger partial charge in [-0.2, -0.15) is 11.8 Å². The second kappa shape index (κ2) is 8.39. The van der Waals surface area contributed by atoms with Gasteiger partial charge < -0.3 is 10.4 Å². The van der Waals surface area contributed by atoms with E-state index in [0.717, 1.165) is 17.6 Å². The van der Waals surface area contributed by atoms with Crippen LogP contribution >= 0.6 is 11.8 Å². The van der Waals surface area contributed by atoms with Gasteiger partial charge >= 0.3 is 0 Å². The molecule has 2 N–H and O–H groups in total. The van der Waals surface area contributed by atoms with E-state index in [1.165, 1.54) is 12.2 Å². The molecule has 0 aromatic carbocycles. The molecule has 0 bridgehead atoms. The standard InChI is InChI=1S/C14H31NOS/c1-11(2)13(5)17-9-7-8-14(6,10-16)15-12(3)4/h11-13,15-16H,7-10H2,1-6H3. The number of nitrogens with one attached hydrogen (secondary N) is 1. The Morgan fingerprint density at radius 1 is 1.18 bits per heavy atom. The average molecular weight is 261 g/mol. The molecule has 0 spiro atoms. The summed E-state index contributed by atoms with van der Waals surface area (Å²) in [6.45, 7) is 13.4. The van der Waals surface area contributed by atoms with Gasteiger partial charge in [-0.3, -0.25) is 0 Å². The maximum absolute atomic E-state index is 9.46. The summed E-state index contributed by atoms with van der Waals surface area (Å²) in [5, 5.41) is 13.6. The largest absolute Gasteiger partial charge is 0.394 e. The smallest absolute Gasteiger partial charge is 0.0610 e. The molecule has 0 fully saturated rings. The fourth-order valence-electron chi connectivity index (χ4n) is 1.82. The third kappa shape index (κ3) is 8.06. The predicted octanol–water partition coefficient (Wildman–Crippen LogP) is 3.29. The van der Waals surface area contributed by atoms with Crippen molar-refractivity contribution in [3.8, 4) is 0 Å². The lowest BCUT2D eigenvalue weighted by Gasteiger charge is -2.31. The molecule has 0 aromatic heterocycles. The van der Waals surface area contributed by atoms with Crippen LogP contribution in [0.3, 0.4) is 0 Å². The van der Waals surface area contributed by atoms with Crippen molar-refractivity contribution in [3.63, 3.8) is 0 Å². The molecule has 0 saturated heterocycles. The van der Waals surface area contributed by atoms with E-state index in [0.29, 0.717) is 6.04 Å². The predicted molar refractivity (Wildman–Crippen MR) is 79.8 cm³/mol. The SMILES string of the molecule is CC(C)NC(C)(CO)CCCSC(C)C(C)C. The fourth-order valence-corrected chi connectivity index (χ4v) is 2.89. The molecule has 2 atom stereocenters. The monoisotopic (exact) mass is 261 g/mol. The summed E-state index contributed by atoms with van der Waals surface area (Å²) in [4.78, 5) is 0. The molecular formula is C14H31NOS. The van der Waals surface area contributed by atoms with E-state index in [-0.39, 0.29) is 12.1 Å². The molecule has 3 heteroatoms. The summed E-state index contributed by atoms with van der Waals surface area (Å²) < 4.78 is 0. The third-order valence-corrected chi connectivity index (χ3v) is 4.77. The first-order valence-corrected chi connectivity index (χ1v) is 7.86. The van der Waals surface area contributed by atoms with Crippen molar-refractivity contribution in [2.45, 2.75) is 71.2 Å². The zero-order valence-corrected chi connectivity index (χ0v) is 13.2. The first-order chi connectivity index (χ1) is 7.80. The molecule has 0 heterocycles. The Kier molecular flexibility index (Phi) is 8.52. The van der Waals surface area contributed by atoms with E-state index in [1.54, 1.807) is 0 Å². The van der Waals surface area contributed by atoms with E-state index in [9.17, 15) is 5.11 Å². The minimum atomic E-state index is -0.115. The molecule has 0 saturated carbocycles. The molecule has 17 heavy (non-hydrogen) atoms. The zero-order valence-electron chi connectivity index (χ0n) is 12.4. The molecule has 0 radical (unpaired) electrons. The summed E-state index contributed by atoms with van der Waals surface area (Å²) in [5.74, 6) is 1.94. The zero-order chi connectivity index (χ0) is 13.5. The van der Waals surface area contributed by atoms with E-state index in [1.807, 2.05) is 11.8 Å². The van der Waals surface area contributed by atoms with Crippen LogP contribution in [0.4, 0.5) is 0 Å². The molecule has 0 amide bonds. The second-order valence-electron chi connectivity index (χ2n) is 5.94. The molecule has 2 unspecified atom stereocenters. The third-order valence-electron chi connectivity index (χ3n) is 3.18. The van der Waals surface area contributed by atoms with Crippen LogP contribution in [-0.2, 0) is 0 Å². The first kappa shape index (κ1) is 17.3. The van der Waals surface area contributed by atoms with Gasteiger partial charge in [-0.25, -0.2) is 0 Å². The molecule has 0 aliphatic heterocycles. The molecule has 0 rings (SSSR count). The minimum absolute atomic E-state index is 0.115. The first-order valence-electron chi connectivity index (χ1n) is 6.81. The van der Waals surface area contributed by atoms with Crippen LogP contribution in [0, 0.1) is 5.92 Å². The van der Waals surface area contributed by atoms with Crippen LogP contribution in [0.25, 0.3) is 0 Å². The van der Waals surface area contributed by atoms with Crippen molar-refractivity contribution >= 4 is 11.8 Å². The number of aliphatic hydroxyl groups is 1. The lowest BCUT2D eigenvalue weighted by Crippen LogP contribution is -2.49. The van der Waals surface area contributed by atoms with Gasteiger partial charge in [0.2, 0.25) is 0 Å². The number of thioether (sulfide) groups is 1. The minimum Gasteiger partial charge on any atom is -0.394 e. The van der Waals surface area contributed by atoms with Crippen LogP contribution in [0.1, 0.15) is 54.4 Å². The van der Waals surface area contributed by atoms with Crippen molar-refractivity contribution in [1.29, 1.82) is 0 Å². The Balaban J connectivity index is 3.84. The van der Waals surface area contributed by atoms with Crippen LogP contribution < -0.4 is 5.32 Å². The maximum atomic E-state index is 9.46. The van der Waals surface area contributed by atoms with Gasteiger partial charge in [0.05, 0.1) is 6.61 Å². The van der Waals surface area contributed by atoms with Crippen LogP contribution in [0.5, 0.6) is 0 Å². The van der Waals surface area contributed by atoms with E-state index in [2.05, 4.69) is 46.9 Å². The summed E-state index contributed by atoms with van der Waals surface area (Å²) in [6.07, 6.45) is 2.21. The molecule has 0 aliphatic rings. The number of rotatable bonds is 9. The van der Waals surface area contributed by atoms with Gasteiger partial charge in [0, 0.05) is 16.8 Å². The molecule has 2 nitrogen and oxygen atoms in total. The van der Waals surface area contributed by atoms with Gasteiger partial charge in [0.1, 0.15) is 0 Å². The second-order valence-corrected chi connectivity index (χ2v) is 7.43. The Hall–Kier alpha value is 0.270. The summed E-state index contributed by atoms with van der Waals surface area (Å²) >= 11 is 2.05. The summed E-state index contributed by atoms with van der Waals surface area (Å²) in [7, 11) is 0. The average Bonchev–Trinajstić information content (AvgIpc) is 2.23. The Morgan fingerprint density at radius 2 is 1.76 bits per heavy atom. The topological polar surface area (TPSA) is 32.3 Å². The van der Waals surface area contributed by atoms with Crippen molar-refractivity contribution in [2.24, 2.45) is 5.92 Å². The van der Waals surface area contributed by atoms with Gasteiger partial charge in [-0.1, -0.05) is 34.6 Å². The van der Waals surface area contributed by atoms with Crippen molar-refractivity contribution < 1.29 is 5.11 Å². The molecule has 0 aromatic rings. The Labute approximate surface area is 112 Å². The van der Waals surface area contributed by atoms with Gasteiger partial charge in [0.15, 0.2) is 0 Å². The van der Waals surface area contributed by atoms with Gasteiger partial charge in [-0.15, -0.1) is 0 Å². The van der Waals surface area contributed by atoms with Gasteiger partial charge in [0.25, 0.3) is 0 Å². The maximum Gasteiger partial charge on any atom is 0.0610 e. The van der Waals surface area contributed by atoms with E-state index >= 15 is 0 Å². The highest BCUT2D eigenvalue weighted by Gasteiger charge is 2.23. The van der Waals surface area contributed by atoms with E-state index in [4.69, 9.17) is 0 Å². The Bertz CT molecular complexity index is 197. The lowest BCUT2D eigenvalue weighted by molar-refractivity contribution is 0.156.